The number of nitrogens with two attached hydrogens (primary N) is 1. The Morgan fingerprint density at radius 2 is 2.00 bits per heavy atom. The summed E-state index contributed by atoms with van der Waals surface area (Å²) in [6.45, 7) is 6.95. The Morgan fingerprint density at radius 3 is 2.50 bits per heavy atom. The van der Waals surface area contributed by atoms with Gasteiger partial charge < -0.3 is 15.2 Å². The topological polar surface area (TPSA) is 44.5 Å². The smallest absolute Gasteiger partial charge is 0.0809 e. The molecule has 106 valence electrons. The molecular weight excluding hydrogens is 226 g/mol. The maximum absolute atomic E-state index is 6.18. The first-order chi connectivity index (χ1) is 8.65. The van der Waals surface area contributed by atoms with Gasteiger partial charge in [0, 0.05) is 13.2 Å². The van der Waals surface area contributed by atoms with Gasteiger partial charge in [-0.3, -0.25) is 0 Å². The van der Waals surface area contributed by atoms with Gasteiger partial charge in [0.05, 0.1) is 18.3 Å². The first kappa shape index (κ1) is 14.3. The minimum absolute atomic E-state index is 0.0582. The third kappa shape index (κ3) is 3.46. The first-order valence-electron chi connectivity index (χ1n) is 7.61. The molecule has 3 heteroatoms. The van der Waals surface area contributed by atoms with Crippen LogP contribution in [0.4, 0.5) is 0 Å². The van der Waals surface area contributed by atoms with Crippen molar-refractivity contribution >= 4 is 0 Å². The molecule has 1 aliphatic heterocycles. The van der Waals surface area contributed by atoms with E-state index in [1.165, 1.54) is 19.3 Å². The van der Waals surface area contributed by atoms with E-state index in [9.17, 15) is 0 Å². The summed E-state index contributed by atoms with van der Waals surface area (Å²) in [6.07, 6.45) is 7.42. The SMILES string of the molecule is CC(C)C1CCC(CN)(OCC2CCCO2)CC1. The number of hydrogen-bond donors (Lipinski definition) is 1. The molecule has 1 aliphatic carbocycles. The van der Waals surface area contributed by atoms with Crippen LogP contribution in [0.3, 0.4) is 0 Å². The zero-order valence-electron chi connectivity index (χ0n) is 12.0. The third-order valence-corrected chi connectivity index (χ3v) is 4.86. The third-order valence-electron chi connectivity index (χ3n) is 4.86. The van der Waals surface area contributed by atoms with E-state index in [-0.39, 0.29) is 5.60 Å². The van der Waals surface area contributed by atoms with Crippen LogP contribution in [0.5, 0.6) is 0 Å². The van der Waals surface area contributed by atoms with E-state index < -0.39 is 0 Å². The molecule has 0 amide bonds. The predicted molar refractivity (Wildman–Crippen MR) is 73.5 cm³/mol. The maximum Gasteiger partial charge on any atom is 0.0809 e. The molecule has 2 aliphatic rings. The molecular formula is C15H29NO2. The van der Waals surface area contributed by atoms with Crippen molar-refractivity contribution in [2.24, 2.45) is 17.6 Å². The van der Waals surface area contributed by atoms with Gasteiger partial charge in [-0.25, -0.2) is 0 Å². The molecule has 1 heterocycles. The molecule has 2 fully saturated rings. The minimum atomic E-state index is -0.0582. The van der Waals surface area contributed by atoms with Crippen molar-refractivity contribution in [2.75, 3.05) is 19.8 Å². The lowest BCUT2D eigenvalue weighted by Gasteiger charge is -2.41. The molecule has 2 rings (SSSR count). The number of rotatable bonds is 5. The van der Waals surface area contributed by atoms with Gasteiger partial charge in [-0.1, -0.05) is 13.8 Å². The fourth-order valence-electron chi connectivity index (χ4n) is 3.29. The zero-order valence-corrected chi connectivity index (χ0v) is 12.0. The van der Waals surface area contributed by atoms with Crippen LogP contribution < -0.4 is 5.73 Å². The molecule has 3 nitrogen and oxygen atoms in total. The van der Waals surface area contributed by atoms with Crippen molar-refractivity contribution in [1.82, 2.24) is 0 Å². The van der Waals surface area contributed by atoms with Crippen LogP contribution in [0.2, 0.25) is 0 Å². The zero-order chi connectivity index (χ0) is 13.0. The van der Waals surface area contributed by atoms with Gasteiger partial charge >= 0.3 is 0 Å². The average Bonchev–Trinajstić information content (AvgIpc) is 2.90. The normalized spacial score (nSPS) is 37.3. The Kier molecular flexibility index (Phi) is 5.05. The average molecular weight is 255 g/mol. The molecule has 0 aromatic rings. The Labute approximate surface area is 111 Å². The van der Waals surface area contributed by atoms with Gasteiger partial charge in [0.15, 0.2) is 0 Å². The highest BCUT2D eigenvalue weighted by atomic mass is 16.5. The second kappa shape index (κ2) is 6.36. The summed E-state index contributed by atoms with van der Waals surface area (Å²) >= 11 is 0. The molecule has 2 N–H and O–H groups in total. The molecule has 1 saturated heterocycles. The predicted octanol–water partition coefficient (Wildman–Crippen LogP) is 2.73. The number of ether oxygens (including phenoxy) is 2. The van der Waals surface area contributed by atoms with E-state index in [0.29, 0.717) is 12.6 Å². The van der Waals surface area contributed by atoms with Crippen molar-refractivity contribution in [3.63, 3.8) is 0 Å². The fourth-order valence-corrected chi connectivity index (χ4v) is 3.29. The summed E-state index contributed by atoms with van der Waals surface area (Å²) in [5.74, 6) is 1.65. The van der Waals surface area contributed by atoms with Crippen molar-refractivity contribution < 1.29 is 9.47 Å². The van der Waals surface area contributed by atoms with Crippen LogP contribution in [0, 0.1) is 11.8 Å². The Morgan fingerprint density at radius 1 is 1.28 bits per heavy atom. The van der Waals surface area contributed by atoms with Crippen LogP contribution in [0.25, 0.3) is 0 Å². The highest BCUT2D eigenvalue weighted by Crippen LogP contribution is 2.37. The summed E-state index contributed by atoms with van der Waals surface area (Å²) in [5, 5.41) is 0. The standard InChI is InChI=1S/C15H29NO2/c1-12(2)13-5-7-15(11-16,8-6-13)18-10-14-4-3-9-17-14/h12-14H,3-11,16H2,1-2H3. The second-order valence-corrected chi connectivity index (χ2v) is 6.41. The van der Waals surface area contributed by atoms with Crippen molar-refractivity contribution in [3.05, 3.63) is 0 Å². The molecule has 0 bridgehead atoms. The highest BCUT2D eigenvalue weighted by Gasteiger charge is 2.36. The van der Waals surface area contributed by atoms with E-state index in [2.05, 4.69) is 13.8 Å². The summed E-state index contributed by atoms with van der Waals surface area (Å²) in [7, 11) is 0. The van der Waals surface area contributed by atoms with Crippen molar-refractivity contribution in [1.29, 1.82) is 0 Å². The van der Waals surface area contributed by atoms with Crippen LogP contribution in [-0.2, 0) is 9.47 Å². The molecule has 1 saturated carbocycles. The lowest BCUT2D eigenvalue weighted by atomic mass is 9.74. The van der Waals surface area contributed by atoms with Crippen LogP contribution in [0.1, 0.15) is 52.4 Å². The Balaban J connectivity index is 1.80. The van der Waals surface area contributed by atoms with E-state index in [1.54, 1.807) is 0 Å². The number of hydrogen-bond acceptors (Lipinski definition) is 3. The quantitative estimate of drug-likeness (QED) is 0.821. The molecule has 0 aromatic heterocycles. The largest absolute Gasteiger partial charge is 0.376 e. The summed E-state index contributed by atoms with van der Waals surface area (Å²) < 4.78 is 11.8. The Bertz CT molecular complexity index is 241. The van der Waals surface area contributed by atoms with E-state index >= 15 is 0 Å². The van der Waals surface area contributed by atoms with E-state index in [0.717, 1.165) is 44.3 Å². The van der Waals surface area contributed by atoms with Gasteiger partial charge in [-0.2, -0.15) is 0 Å². The molecule has 18 heavy (non-hydrogen) atoms. The molecule has 0 spiro atoms. The van der Waals surface area contributed by atoms with E-state index in [4.69, 9.17) is 15.2 Å². The molecule has 0 radical (unpaired) electrons. The molecule has 0 aromatic carbocycles. The molecule has 1 atom stereocenters. The Hall–Kier alpha value is -0.120. The summed E-state index contributed by atoms with van der Waals surface area (Å²) in [6, 6.07) is 0. The lowest BCUT2D eigenvalue weighted by molar-refractivity contribution is -0.104. The van der Waals surface area contributed by atoms with Crippen LogP contribution in [-0.4, -0.2) is 31.5 Å². The monoisotopic (exact) mass is 255 g/mol. The van der Waals surface area contributed by atoms with E-state index in [1.807, 2.05) is 0 Å². The second-order valence-electron chi connectivity index (χ2n) is 6.41. The first-order valence-corrected chi connectivity index (χ1v) is 7.61. The van der Waals surface area contributed by atoms with Crippen molar-refractivity contribution in [3.8, 4) is 0 Å². The summed E-state index contributed by atoms with van der Waals surface area (Å²) in [4.78, 5) is 0. The van der Waals surface area contributed by atoms with Crippen LogP contribution >= 0.6 is 0 Å². The molecule has 1 unspecified atom stereocenters. The minimum Gasteiger partial charge on any atom is -0.376 e. The summed E-state index contributed by atoms with van der Waals surface area (Å²) in [5.41, 5.74) is 5.92. The van der Waals surface area contributed by atoms with Gasteiger partial charge in [0.25, 0.3) is 0 Å². The van der Waals surface area contributed by atoms with Gasteiger partial charge in [-0.15, -0.1) is 0 Å². The van der Waals surface area contributed by atoms with Gasteiger partial charge in [0.1, 0.15) is 0 Å². The van der Waals surface area contributed by atoms with Crippen molar-refractivity contribution in [2.45, 2.75) is 64.1 Å². The van der Waals surface area contributed by atoms with Crippen LogP contribution in [0.15, 0.2) is 0 Å². The van der Waals surface area contributed by atoms with Gasteiger partial charge in [-0.05, 0) is 50.4 Å². The van der Waals surface area contributed by atoms with Gasteiger partial charge in [0.2, 0.25) is 0 Å². The fraction of sp³-hybridized carbons (Fsp3) is 1.00. The highest BCUT2D eigenvalue weighted by molar-refractivity contribution is 4.89. The maximum atomic E-state index is 6.18. The lowest BCUT2D eigenvalue weighted by Crippen LogP contribution is -2.45.